The molecule has 1 N–H and O–H groups in total. The molecule has 1 atom stereocenters. The Morgan fingerprint density at radius 1 is 1.40 bits per heavy atom. The number of halogens is 3. The monoisotopic (exact) mass is 285 g/mol. The molecule has 4 nitrogen and oxygen atoms in total. The number of nitriles is 1. The Morgan fingerprint density at radius 2 is 2.00 bits per heavy atom. The summed E-state index contributed by atoms with van der Waals surface area (Å²) in [6.07, 6.45) is -4.57. The van der Waals surface area contributed by atoms with E-state index in [1.165, 1.54) is 17.0 Å². The van der Waals surface area contributed by atoms with Gasteiger partial charge >= 0.3 is 6.18 Å². The van der Waals surface area contributed by atoms with Crippen molar-refractivity contribution in [3.05, 3.63) is 29.3 Å². The van der Waals surface area contributed by atoms with E-state index in [0.717, 1.165) is 12.1 Å². The highest BCUT2D eigenvalue weighted by atomic mass is 19.4. The second-order valence-electron chi connectivity index (χ2n) is 4.47. The number of benzene rings is 1. The molecule has 0 aliphatic rings. The van der Waals surface area contributed by atoms with Crippen LogP contribution in [0, 0.1) is 11.3 Å². The SMILES string of the molecule is CC(Nc1ccc(C(F)(F)F)c(C#N)c1)C(=O)N(C)C. The minimum Gasteiger partial charge on any atom is -0.374 e. The quantitative estimate of drug-likeness (QED) is 0.928. The lowest BCUT2D eigenvalue weighted by Crippen LogP contribution is -2.36. The normalized spacial score (nSPS) is 12.4. The third-order valence-electron chi connectivity index (χ3n) is 2.64. The van der Waals surface area contributed by atoms with Crippen molar-refractivity contribution in [2.75, 3.05) is 19.4 Å². The van der Waals surface area contributed by atoms with E-state index in [9.17, 15) is 18.0 Å². The maximum absolute atomic E-state index is 12.6. The Morgan fingerprint density at radius 3 is 2.45 bits per heavy atom. The van der Waals surface area contributed by atoms with Crippen LogP contribution in [0.1, 0.15) is 18.1 Å². The Hall–Kier alpha value is -2.23. The second kappa shape index (κ2) is 5.82. The molecule has 0 spiro atoms. The van der Waals surface area contributed by atoms with Gasteiger partial charge in [0.15, 0.2) is 0 Å². The molecule has 0 aromatic heterocycles. The number of carbonyl (C=O) groups excluding carboxylic acids is 1. The number of hydrogen-bond acceptors (Lipinski definition) is 3. The Balaban J connectivity index is 3.01. The topological polar surface area (TPSA) is 56.1 Å². The number of carbonyl (C=O) groups is 1. The maximum atomic E-state index is 12.6. The molecule has 0 saturated carbocycles. The maximum Gasteiger partial charge on any atom is 0.417 e. The third kappa shape index (κ3) is 3.63. The van der Waals surface area contributed by atoms with Crippen LogP contribution in [0.3, 0.4) is 0 Å². The number of nitrogens with zero attached hydrogens (tertiary/aromatic N) is 2. The summed E-state index contributed by atoms with van der Waals surface area (Å²) >= 11 is 0. The summed E-state index contributed by atoms with van der Waals surface area (Å²) in [4.78, 5) is 13.0. The van der Waals surface area contributed by atoms with Crippen molar-refractivity contribution in [3.63, 3.8) is 0 Å². The van der Waals surface area contributed by atoms with Gasteiger partial charge in [-0.1, -0.05) is 0 Å². The van der Waals surface area contributed by atoms with Crippen LogP contribution in [0.4, 0.5) is 18.9 Å². The highest BCUT2D eigenvalue weighted by molar-refractivity contribution is 5.83. The van der Waals surface area contributed by atoms with Crippen LogP contribution in [0.2, 0.25) is 0 Å². The molecule has 0 radical (unpaired) electrons. The van der Waals surface area contributed by atoms with Gasteiger partial charge in [0.1, 0.15) is 6.04 Å². The highest BCUT2D eigenvalue weighted by Gasteiger charge is 2.33. The molecule has 1 aromatic carbocycles. The summed E-state index contributed by atoms with van der Waals surface area (Å²) in [6, 6.07) is 4.02. The van der Waals surface area contributed by atoms with E-state index in [1.54, 1.807) is 21.0 Å². The molecule has 0 bridgehead atoms. The Labute approximate surface area is 114 Å². The van der Waals surface area contributed by atoms with Crippen LogP contribution in [-0.2, 0) is 11.0 Å². The van der Waals surface area contributed by atoms with Crippen molar-refractivity contribution in [2.24, 2.45) is 0 Å². The standard InChI is InChI=1S/C13H14F3N3O/c1-8(12(20)19(2)3)18-10-4-5-11(13(14,15)16)9(6-10)7-17/h4-6,8,18H,1-3H3. The van der Waals surface area contributed by atoms with Crippen LogP contribution in [0.15, 0.2) is 18.2 Å². The molecule has 1 amide bonds. The third-order valence-corrected chi connectivity index (χ3v) is 2.64. The van der Waals surface area contributed by atoms with E-state index in [-0.39, 0.29) is 11.6 Å². The molecule has 1 rings (SSSR count). The van der Waals surface area contributed by atoms with E-state index in [1.807, 2.05) is 0 Å². The number of alkyl halides is 3. The van der Waals surface area contributed by atoms with Gasteiger partial charge in [-0.15, -0.1) is 0 Å². The number of amides is 1. The molecular weight excluding hydrogens is 271 g/mol. The summed E-state index contributed by atoms with van der Waals surface area (Å²) in [6.45, 7) is 1.59. The van der Waals surface area contributed by atoms with Gasteiger partial charge in [0.05, 0.1) is 17.2 Å². The fourth-order valence-corrected chi connectivity index (χ4v) is 1.67. The molecule has 0 aliphatic heterocycles. The minimum absolute atomic E-state index is 0.219. The molecule has 108 valence electrons. The molecule has 0 saturated heterocycles. The summed E-state index contributed by atoms with van der Waals surface area (Å²) in [5.41, 5.74) is -1.18. The van der Waals surface area contributed by atoms with Gasteiger partial charge in [-0.25, -0.2) is 0 Å². The largest absolute Gasteiger partial charge is 0.417 e. The van der Waals surface area contributed by atoms with Crippen molar-refractivity contribution in [1.29, 1.82) is 5.26 Å². The second-order valence-corrected chi connectivity index (χ2v) is 4.47. The lowest BCUT2D eigenvalue weighted by atomic mass is 10.1. The number of likely N-dealkylation sites (N-methyl/N-ethyl adjacent to an activating group) is 1. The van der Waals surface area contributed by atoms with Crippen molar-refractivity contribution in [2.45, 2.75) is 19.1 Å². The zero-order chi connectivity index (χ0) is 15.5. The van der Waals surface area contributed by atoms with E-state index < -0.39 is 23.3 Å². The number of anilines is 1. The van der Waals surface area contributed by atoms with Crippen molar-refractivity contribution < 1.29 is 18.0 Å². The highest BCUT2D eigenvalue weighted by Crippen LogP contribution is 2.33. The van der Waals surface area contributed by atoms with Crippen molar-refractivity contribution >= 4 is 11.6 Å². The van der Waals surface area contributed by atoms with Crippen molar-refractivity contribution in [3.8, 4) is 6.07 Å². The fourth-order valence-electron chi connectivity index (χ4n) is 1.67. The molecule has 0 aliphatic carbocycles. The van der Waals surface area contributed by atoms with Crippen LogP contribution in [-0.4, -0.2) is 30.9 Å². The smallest absolute Gasteiger partial charge is 0.374 e. The summed E-state index contributed by atoms with van der Waals surface area (Å²) in [5.74, 6) is -0.219. The lowest BCUT2D eigenvalue weighted by Gasteiger charge is -2.19. The van der Waals surface area contributed by atoms with Crippen LogP contribution in [0.5, 0.6) is 0 Å². The Bertz CT molecular complexity index is 547. The summed E-state index contributed by atoms with van der Waals surface area (Å²) in [5, 5.41) is 11.6. The first-order valence-corrected chi connectivity index (χ1v) is 5.76. The minimum atomic E-state index is -4.57. The summed E-state index contributed by atoms with van der Waals surface area (Å²) in [7, 11) is 3.15. The lowest BCUT2D eigenvalue weighted by molar-refractivity contribution is -0.137. The zero-order valence-corrected chi connectivity index (χ0v) is 11.2. The van der Waals surface area contributed by atoms with E-state index in [4.69, 9.17) is 5.26 Å². The number of hydrogen-bond donors (Lipinski definition) is 1. The molecule has 20 heavy (non-hydrogen) atoms. The number of nitrogens with one attached hydrogen (secondary N) is 1. The van der Waals surface area contributed by atoms with Crippen LogP contribution in [0.25, 0.3) is 0 Å². The van der Waals surface area contributed by atoms with Gasteiger partial charge in [0.2, 0.25) is 5.91 Å². The predicted molar refractivity (Wildman–Crippen MR) is 67.9 cm³/mol. The van der Waals surface area contributed by atoms with Gasteiger partial charge in [-0.2, -0.15) is 18.4 Å². The first-order valence-electron chi connectivity index (χ1n) is 5.76. The van der Waals surface area contributed by atoms with Gasteiger partial charge in [-0.05, 0) is 25.1 Å². The molecular formula is C13H14F3N3O. The Kier molecular flexibility index (Phi) is 4.61. The molecule has 7 heteroatoms. The van der Waals surface area contributed by atoms with Gasteiger partial charge < -0.3 is 10.2 Å². The molecule has 0 fully saturated rings. The molecule has 0 heterocycles. The van der Waals surface area contributed by atoms with Gasteiger partial charge in [-0.3, -0.25) is 4.79 Å². The zero-order valence-electron chi connectivity index (χ0n) is 11.2. The first kappa shape index (κ1) is 15.8. The molecule has 1 unspecified atom stereocenters. The van der Waals surface area contributed by atoms with Crippen LogP contribution < -0.4 is 5.32 Å². The van der Waals surface area contributed by atoms with E-state index >= 15 is 0 Å². The van der Waals surface area contributed by atoms with Gasteiger partial charge in [0, 0.05) is 19.8 Å². The summed E-state index contributed by atoms with van der Waals surface area (Å²) < 4.78 is 37.9. The van der Waals surface area contributed by atoms with Crippen molar-refractivity contribution in [1.82, 2.24) is 4.90 Å². The van der Waals surface area contributed by atoms with Gasteiger partial charge in [0.25, 0.3) is 0 Å². The average molecular weight is 285 g/mol. The fraction of sp³-hybridized carbons (Fsp3) is 0.385. The molecule has 1 aromatic rings. The average Bonchev–Trinajstić information content (AvgIpc) is 2.36. The van der Waals surface area contributed by atoms with Crippen LogP contribution >= 0.6 is 0 Å². The predicted octanol–water partition coefficient (Wildman–Crippen LogP) is 2.47. The first-order chi connectivity index (χ1) is 9.16. The van der Waals surface area contributed by atoms with E-state index in [0.29, 0.717) is 0 Å². The van der Waals surface area contributed by atoms with E-state index in [2.05, 4.69) is 5.32 Å². The number of rotatable bonds is 3.